The van der Waals surface area contributed by atoms with Crippen molar-refractivity contribution in [2.75, 3.05) is 26.5 Å². The third-order valence-electron chi connectivity index (χ3n) is 1.62. The summed E-state index contributed by atoms with van der Waals surface area (Å²) < 4.78 is 28.6. The van der Waals surface area contributed by atoms with Crippen molar-refractivity contribution in [2.24, 2.45) is 0 Å². The summed E-state index contributed by atoms with van der Waals surface area (Å²) in [4.78, 5) is 0. The highest BCUT2D eigenvalue weighted by Gasteiger charge is 2.20. The molecule has 0 unspecified atom stereocenters. The molecule has 0 aliphatic rings. The second-order valence-electron chi connectivity index (χ2n) is 2.74. The molecule has 13 heavy (non-hydrogen) atoms. The SMILES string of the molecule is CO[C@@H](C)CS(=O)(=O)N(C)CC#N. The van der Waals surface area contributed by atoms with Crippen LogP contribution in [-0.2, 0) is 14.8 Å². The average Bonchev–Trinajstić information content (AvgIpc) is 2.04. The second-order valence-corrected chi connectivity index (χ2v) is 4.86. The highest BCUT2D eigenvalue weighted by molar-refractivity contribution is 7.89. The Kier molecular flexibility index (Phi) is 4.91. The Balaban J connectivity index is 4.33. The minimum atomic E-state index is -3.35. The first-order chi connectivity index (χ1) is 5.94. The van der Waals surface area contributed by atoms with Crippen LogP contribution < -0.4 is 0 Å². The average molecular weight is 206 g/mol. The maximum absolute atomic E-state index is 11.4. The highest BCUT2D eigenvalue weighted by Crippen LogP contribution is 2.01. The summed E-state index contributed by atoms with van der Waals surface area (Å²) in [5.41, 5.74) is 0. The lowest BCUT2D eigenvalue weighted by molar-refractivity contribution is 0.135. The third-order valence-corrected chi connectivity index (χ3v) is 3.59. The van der Waals surface area contributed by atoms with Gasteiger partial charge in [-0.3, -0.25) is 0 Å². The predicted molar refractivity (Wildman–Crippen MR) is 48.5 cm³/mol. The molecule has 0 heterocycles. The van der Waals surface area contributed by atoms with Gasteiger partial charge < -0.3 is 4.74 Å². The summed E-state index contributed by atoms with van der Waals surface area (Å²) >= 11 is 0. The van der Waals surface area contributed by atoms with Crippen molar-refractivity contribution in [1.82, 2.24) is 4.31 Å². The molecule has 0 bridgehead atoms. The van der Waals surface area contributed by atoms with Gasteiger partial charge in [-0.2, -0.15) is 9.57 Å². The molecular weight excluding hydrogens is 192 g/mol. The van der Waals surface area contributed by atoms with Crippen molar-refractivity contribution >= 4 is 10.0 Å². The lowest BCUT2D eigenvalue weighted by Gasteiger charge is -2.16. The Labute approximate surface area is 79.0 Å². The van der Waals surface area contributed by atoms with Crippen LogP contribution in [-0.4, -0.2) is 45.3 Å². The van der Waals surface area contributed by atoms with Gasteiger partial charge >= 0.3 is 0 Å². The molecule has 0 aliphatic heterocycles. The summed E-state index contributed by atoms with van der Waals surface area (Å²) in [6, 6.07) is 1.77. The molecule has 0 saturated carbocycles. The van der Waals surface area contributed by atoms with Gasteiger partial charge in [-0.05, 0) is 6.92 Å². The zero-order valence-electron chi connectivity index (χ0n) is 8.02. The summed E-state index contributed by atoms with van der Waals surface area (Å²) in [7, 11) is -0.523. The lowest BCUT2D eigenvalue weighted by Crippen LogP contribution is -2.33. The van der Waals surface area contributed by atoms with Crippen LogP contribution in [0.1, 0.15) is 6.92 Å². The van der Waals surface area contributed by atoms with E-state index in [0.717, 1.165) is 4.31 Å². The van der Waals surface area contributed by atoms with Crippen molar-refractivity contribution in [3.05, 3.63) is 0 Å². The van der Waals surface area contributed by atoms with Gasteiger partial charge in [0.15, 0.2) is 0 Å². The first-order valence-corrected chi connectivity index (χ1v) is 5.38. The molecule has 76 valence electrons. The van der Waals surface area contributed by atoms with Crippen LogP contribution in [0, 0.1) is 11.3 Å². The summed E-state index contributed by atoms with van der Waals surface area (Å²) in [5.74, 6) is -0.0956. The van der Waals surface area contributed by atoms with E-state index in [0.29, 0.717) is 0 Å². The Morgan fingerprint density at radius 1 is 1.62 bits per heavy atom. The fourth-order valence-electron chi connectivity index (χ4n) is 0.690. The van der Waals surface area contributed by atoms with E-state index in [4.69, 9.17) is 10.00 Å². The van der Waals surface area contributed by atoms with E-state index < -0.39 is 10.0 Å². The third kappa shape index (κ3) is 4.22. The molecule has 0 aliphatic carbocycles. The van der Waals surface area contributed by atoms with Crippen molar-refractivity contribution < 1.29 is 13.2 Å². The van der Waals surface area contributed by atoms with E-state index in [1.807, 2.05) is 0 Å². The fraction of sp³-hybridized carbons (Fsp3) is 0.857. The van der Waals surface area contributed by atoms with Crippen LogP contribution in [0.2, 0.25) is 0 Å². The molecule has 5 nitrogen and oxygen atoms in total. The van der Waals surface area contributed by atoms with E-state index in [1.54, 1.807) is 13.0 Å². The molecule has 0 saturated heterocycles. The number of hydrogen-bond acceptors (Lipinski definition) is 4. The van der Waals surface area contributed by atoms with Gasteiger partial charge in [-0.25, -0.2) is 8.42 Å². The Hall–Kier alpha value is -0.640. The topological polar surface area (TPSA) is 70.4 Å². The van der Waals surface area contributed by atoms with Gasteiger partial charge in [0.25, 0.3) is 0 Å². The normalized spacial score (nSPS) is 14.1. The van der Waals surface area contributed by atoms with Crippen LogP contribution in [0.4, 0.5) is 0 Å². The molecule has 0 aromatic carbocycles. The number of methoxy groups -OCH3 is 1. The second kappa shape index (κ2) is 5.17. The van der Waals surface area contributed by atoms with Crippen molar-refractivity contribution in [2.45, 2.75) is 13.0 Å². The van der Waals surface area contributed by atoms with Gasteiger partial charge in [-0.1, -0.05) is 0 Å². The number of rotatable bonds is 5. The number of ether oxygens (including phenoxy) is 1. The maximum Gasteiger partial charge on any atom is 0.217 e. The molecule has 0 spiro atoms. The van der Waals surface area contributed by atoms with Gasteiger partial charge in [0.1, 0.15) is 6.54 Å². The smallest absolute Gasteiger partial charge is 0.217 e. The molecule has 0 amide bonds. The van der Waals surface area contributed by atoms with Gasteiger partial charge in [0, 0.05) is 14.2 Å². The van der Waals surface area contributed by atoms with E-state index in [1.165, 1.54) is 14.2 Å². The van der Waals surface area contributed by atoms with E-state index in [2.05, 4.69) is 0 Å². The maximum atomic E-state index is 11.4. The first-order valence-electron chi connectivity index (χ1n) is 3.77. The van der Waals surface area contributed by atoms with Crippen molar-refractivity contribution in [1.29, 1.82) is 5.26 Å². The minimum absolute atomic E-state index is 0.0956. The number of nitriles is 1. The molecule has 0 aromatic rings. The van der Waals surface area contributed by atoms with E-state index >= 15 is 0 Å². The lowest BCUT2D eigenvalue weighted by atomic mass is 10.5. The van der Waals surface area contributed by atoms with Gasteiger partial charge in [-0.15, -0.1) is 0 Å². The van der Waals surface area contributed by atoms with Crippen LogP contribution in [0.5, 0.6) is 0 Å². The first kappa shape index (κ1) is 12.4. The van der Waals surface area contributed by atoms with Crippen LogP contribution in [0.15, 0.2) is 0 Å². The molecular formula is C7H14N2O3S. The fourth-order valence-corrected chi connectivity index (χ4v) is 1.93. The Morgan fingerprint density at radius 3 is 2.54 bits per heavy atom. The molecule has 0 rings (SSSR count). The summed E-state index contributed by atoms with van der Waals surface area (Å²) in [5, 5.41) is 8.30. The standard InChI is InChI=1S/C7H14N2O3S/c1-7(12-3)6-13(10,11)9(2)5-4-8/h7H,5-6H2,1-3H3/t7-/m0/s1. The summed E-state index contributed by atoms with van der Waals surface area (Å²) in [6.45, 7) is 1.54. The minimum Gasteiger partial charge on any atom is -0.381 e. The van der Waals surface area contributed by atoms with Gasteiger partial charge in [0.05, 0.1) is 17.9 Å². The zero-order valence-corrected chi connectivity index (χ0v) is 8.84. The molecule has 1 atom stereocenters. The van der Waals surface area contributed by atoms with E-state index in [-0.39, 0.29) is 18.4 Å². The predicted octanol–water partition coefficient (Wildman–Crippen LogP) is -0.194. The Morgan fingerprint density at radius 2 is 2.15 bits per heavy atom. The van der Waals surface area contributed by atoms with Gasteiger partial charge in [0.2, 0.25) is 10.0 Å². The number of hydrogen-bond donors (Lipinski definition) is 0. The highest BCUT2D eigenvalue weighted by atomic mass is 32.2. The van der Waals surface area contributed by atoms with Crippen LogP contribution in [0.25, 0.3) is 0 Å². The molecule has 0 aromatic heterocycles. The molecule has 0 radical (unpaired) electrons. The Bertz CT molecular complexity index is 281. The van der Waals surface area contributed by atoms with Crippen molar-refractivity contribution in [3.8, 4) is 6.07 Å². The monoisotopic (exact) mass is 206 g/mol. The quantitative estimate of drug-likeness (QED) is 0.584. The zero-order chi connectivity index (χ0) is 10.5. The van der Waals surface area contributed by atoms with Crippen LogP contribution >= 0.6 is 0 Å². The van der Waals surface area contributed by atoms with Crippen molar-refractivity contribution in [3.63, 3.8) is 0 Å². The molecule has 0 fully saturated rings. The molecule has 0 N–H and O–H groups in total. The number of sulfonamides is 1. The van der Waals surface area contributed by atoms with E-state index in [9.17, 15) is 8.42 Å². The molecule has 6 heteroatoms. The largest absolute Gasteiger partial charge is 0.381 e. The number of nitrogens with zero attached hydrogens (tertiary/aromatic N) is 2. The van der Waals surface area contributed by atoms with Crippen LogP contribution in [0.3, 0.4) is 0 Å². The summed E-state index contributed by atoms with van der Waals surface area (Å²) in [6.07, 6.45) is -0.355.